The number of nitrogens with one attached hydrogen (secondary N) is 1. The monoisotopic (exact) mass is 296 g/mol. The fourth-order valence-corrected chi connectivity index (χ4v) is 3.97. The van der Waals surface area contributed by atoms with E-state index >= 15 is 0 Å². The van der Waals surface area contributed by atoms with Gasteiger partial charge in [0.05, 0.1) is 6.54 Å². The van der Waals surface area contributed by atoms with Gasteiger partial charge in [-0.25, -0.2) is 4.79 Å². The topological polar surface area (TPSA) is 49.4 Å². The van der Waals surface area contributed by atoms with E-state index in [0.717, 1.165) is 11.3 Å². The second kappa shape index (κ2) is 4.72. The molecule has 0 bridgehead atoms. The maximum atomic E-state index is 12.4. The van der Waals surface area contributed by atoms with Gasteiger partial charge in [0.1, 0.15) is 5.54 Å². The van der Waals surface area contributed by atoms with Crippen molar-refractivity contribution in [1.82, 2.24) is 10.2 Å². The highest BCUT2D eigenvalue weighted by Gasteiger charge is 2.52. The van der Waals surface area contributed by atoms with E-state index in [2.05, 4.69) is 5.32 Å². The Bertz CT molecular complexity index is 543. The van der Waals surface area contributed by atoms with Gasteiger partial charge >= 0.3 is 6.03 Å². The Labute approximate surface area is 120 Å². The van der Waals surface area contributed by atoms with Crippen molar-refractivity contribution in [2.75, 3.05) is 11.5 Å². The van der Waals surface area contributed by atoms with Gasteiger partial charge in [0.25, 0.3) is 5.91 Å². The molecule has 0 unspecified atom stereocenters. The van der Waals surface area contributed by atoms with Crippen LogP contribution in [0.2, 0.25) is 5.02 Å². The van der Waals surface area contributed by atoms with Crippen LogP contribution < -0.4 is 5.32 Å². The highest BCUT2D eigenvalue weighted by Crippen LogP contribution is 2.34. The number of nitrogens with zero attached hydrogens (tertiary/aromatic N) is 1. The number of amides is 3. The molecule has 2 saturated heterocycles. The summed E-state index contributed by atoms with van der Waals surface area (Å²) in [6, 6.07) is 6.95. The van der Waals surface area contributed by atoms with Crippen LogP contribution in [0.3, 0.4) is 0 Å². The maximum absolute atomic E-state index is 12.4. The van der Waals surface area contributed by atoms with E-state index in [4.69, 9.17) is 11.6 Å². The molecule has 100 valence electrons. The van der Waals surface area contributed by atoms with E-state index in [1.807, 2.05) is 18.2 Å². The minimum atomic E-state index is -0.678. The minimum Gasteiger partial charge on any atom is -0.322 e. The molecule has 1 atom stereocenters. The van der Waals surface area contributed by atoms with Gasteiger partial charge in [-0.3, -0.25) is 9.69 Å². The van der Waals surface area contributed by atoms with Crippen LogP contribution in [0, 0.1) is 0 Å². The third kappa shape index (κ3) is 2.11. The van der Waals surface area contributed by atoms with Gasteiger partial charge in [-0.15, -0.1) is 0 Å². The molecule has 2 fully saturated rings. The van der Waals surface area contributed by atoms with Crippen molar-refractivity contribution in [3.8, 4) is 0 Å². The highest BCUT2D eigenvalue weighted by molar-refractivity contribution is 7.99. The van der Waals surface area contributed by atoms with Gasteiger partial charge < -0.3 is 5.32 Å². The molecule has 0 aliphatic carbocycles. The summed E-state index contributed by atoms with van der Waals surface area (Å²) < 4.78 is 0. The third-order valence-corrected chi connectivity index (χ3v) is 5.11. The zero-order valence-electron chi connectivity index (χ0n) is 10.2. The van der Waals surface area contributed by atoms with E-state index in [1.165, 1.54) is 4.90 Å². The molecule has 4 nitrogen and oxygen atoms in total. The Morgan fingerprint density at radius 3 is 2.84 bits per heavy atom. The largest absolute Gasteiger partial charge is 0.325 e. The highest BCUT2D eigenvalue weighted by atomic mass is 35.5. The zero-order valence-corrected chi connectivity index (χ0v) is 11.8. The zero-order chi connectivity index (χ0) is 13.5. The van der Waals surface area contributed by atoms with Gasteiger partial charge in [-0.1, -0.05) is 29.8 Å². The van der Waals surface area contributed by atoms with Crippen molar-refractivity contribution in [3.63, 3.8) is 0 Å². The molecule has 2 aliphatic heterocycles. The lowest BCUT2D eigenvalue weighted by Crippen LogP contribution is -2.46. The van der Waals surface area contributed by atoms with Crippen molar-refractivity contribution in [1.29, 1.82) is 0 Å². The van der Waals surface area contributed by atoms with E-state index in [-0.39, 0.29) is 18.5 Å². The smallest absolute Gasteiger partial charge is 0.322 e. The molecular formula is C13H13ClN2O2S. The molecule has 1 aromatic carbocycles. The Morgan fingerprint density at radius 1 is 1.37 bits per heavy atom. The Hall–Kier alpha value is -1.20. The van der Waals surface area contributed by atoms with Crippen LogP contribution in [0.5, 0.6) is 0 Å². The molecule has 6 heteroatoms. The summed E-state index contributed by atoms with van der Waals surface area (Å²) >= 11 is 7.77. The summed E-state index contributed by atoms with van der Waals surface area (Å²) in [6.45, 7) is 0.233. The number of thioether (sulfide) groups is 1. The lowest BCUT2D eigenvalue weighted by Gasteiger charge is -2.19. The number of hydrogen-bond donors (Lipinski definition) is 1. The van der Waals surface area contributed by atoms with Gasteiger partial charge in [-0.2, -0.15) is 11.8 Å². The SMILES string of the molecule is O=C1N[C@@]2(CCSC2)C(=O)N1Cc1ccccc1Cl. The van der Waals surface area contributed by atoms with Crippen LogP contribution >= 0.6 is 23.4 Å². The molecule has 2 heterocycles. The Balaban J connectivity index is 1.84. The summed E-state index contributed by atoms with van der Waals surface area (Å²) in [4.78, 5) is 25.7. The maximum Gasteiger partial charge on any atom is 0.325 e. The van der Waals surface area contributed by atoms with Crippen molar-refractivity contribution in [2.45, 2.75) is 18.5 Å². The molecule has 0 aromatic heterocycles. The molecule has 19 heavy (non-hydrogen) atoms. The van der Waals surface area contributed by atoms with E-state index in [9.17, 15) is 9.59 Å². The normalized spacial score (nSPS) is 26.3. The average molecular weight is 297 g/mol. The number of imide groups is 1. The molecule has 1 spiro atoms. The van der Waals surface area contributed by atoms with E-state index in [0.29, 0.717) is 17.2 Å². The number of halogens is 1. The minimum absolute atomic E-state index is 0.123. The van der Waals surface area contributed by atoms with Crippen molar-refractivity contribution in [3.05, 3.63) is 34.9 Å². The van der Waals surface area contributed by atoms with Crippen LogP contribution in [0.1, 0.15) is 12.0 Å². The Morgan fingerprint density at radius 2 is 2.16 bits per heavy atom. The quantitative estimate of drug-likeness (QED) is 0.852. The van der Waals surface area contributed by atoms with Crippen LogP contribution in [-0.4, -0.2) is 33.9 Å². The lowest BCUT2D eigenvalue weighted by atomic mass is 9.99. The summed E-state index contributed by atoms with van der Waals surface area (Å²) in [5.74, 6) is 1.45. The van der Waals surface area contributed by atoms with Crippen molar-refractivity contribution in [2.24, 2.45) is 0 Å². The standard InChI is InChI=1S/C13H13ClN2O2S/c14-10-4-2-1-3-9(10)7-16-11(17)13(15-12(16)18)5-6-19-8-13/h1-4H,5-8H2,(H,15,18)/t13-/m1/s1. The van der Waals surface area contributed by atoms with Gasteiger partial charge in [0.2, 0.25) is 0 Å². The molecule has 3 amide bonds. The molecule has 1 N–H and O–H groups in total. The summed E-state index contributed by atoms with van der Waals surface area (Å²) in [5.41, 5.74) is 0.110. The number of benzene rings is 1. The van der Waals surface area contributed by atoms with Crippen LogP contribution in [-0.2, 0) is 11.3 Å². The second-order valence-electron chi connectivity index (χ2n) is 4.80. The van der Waals surface area contributed by atoms with Crippen LogP contribution in [0.4, 0.5) is 4.79 Å². The molecular weight excluding hydrogens is 284 g/mol. The predicted molar refractivity (Wildman–Crippen MR) is 75.2 cm³/mol. The first-order chi connectivity index (χ1) is 9.12. The second-order valence-corrected chi connectivity index (χ2v) is 6.31. The van der Waals surface area contributed by atoms with Gasteiger partial charge in [-0.05, 0) is 23.8 Å². The Kier molecular flexibility index (Phi) is 3.19. The molecule has 0 radical (unpaired) electrons. The fraction of sp³-hybridized carbons (Fsp3) is 0.385. The molecule has 2 aliphatic rings. The lowest BCUT2D eigenvalue weighted by molar-refractivity contribution is -0.130. The number of hydrogen-bond acceptors (Lipinski definition) is 3. The first-order valence-electron chi connectivity index (χ1n) is 6.08. The number of rotatable bonds is 2. The summed E-state index contributed by atoms with van der Waals surface area (Å²) in [6.07, 6.45) is 0.710. The predicted octanol–water partition coefficient (Wildman–Crippen LogP) is 2.27. The van der Waals surface area contributed by atoms with Crippen LogP contribution in [0.25, 0.3) is 0 Å². The van der Waals surface area contributed by atoms with Crippen molar-refractivity contribution < 1.29 is 9.59 Å². The number of urea groups is 1. The first-order valence-corrected chi connectivity index (χ1v) is 7.61. The number of carbonyl (C=O) groups excluding carboxylic acids is 2. The van der Waals surface area contributed by atoms with Gasteiger partial charge in [0, 0.05) is 10.8 Å². The summed E-state index contributed by atoms with van der Waals surface area (Å²) in [5, 5.41) is 3.42. The molecule has 0 saturated carbocycles. The van der Waals surface area contributed by atoms with Gasteiger partial charge in [0.15, 0.2) is 0 Å². The van der Waals surface area contributed by atoms with Crippen molar-refractivity contribution >= 4 is 35.3 Å². The van der Waals surface area contributed by atoms with Crippen LogP contribution in [0.15, 0.2) is 24.3 Å². The summed E-state index contributed by atoms with van der Waals surface area (Å²) in [7, 11) is 0. The van der Waals surface area contributed by atoms with E-state index < -0.39 is 5.54 Å². The first kappa shape index (κ1) is 12.8. The number of carbonyl (C=O) groups is 2. The third-order valence-electron chi connectivity index (χ3n) is 3.55. The molecule has 1 aromatic rings. The molecule has 3 rings (SSSR count). The van der Waals surface area contributed by atoms with E-state index in [1.54, 1.807) is 17.8 Å². The fourth-order valence-electron chi connectivity index (χ4n) is 2.45. The average Bonchev–Trinajstić information content (AvgIpc) is 2.94.